The van der Waals surface area contributed by atoms with Gasteiger partial charge in [0, 0.05) is 31.7 Å². The predicted molar refractivity (Wildman–Crippen MR) is 119 cm³/mol. The first-order valence-electron chi connectivity index (χ1n) is 11.2. The summed E-state index contributed by atoms with van der Waals surface area (Å²) in [6, 6.07) is 13.2. The van der Waals surface area contributed by atoms with Crippen molar-refractivity contribution in [2.24, 2.45) is 5.92 Å². The van der Waals surface area contributed by atoms with Gasteiger partial charge in [0.1, 0.15) is 5.75 Å². The number of aliphatic carboxylic acids is 1. The van der Waals surface area contributed by atoms with Crippen LogP contribution >= 0.6 is 0 Å². The molecule has 2 aliphatic rings. The normalized spacial score (nSPS) is 22.2. The van der Waals surface area contributed by atoms with Gasteiger partial charge in [-0.3, -0.25) is 9.69 Å². The number of carboxylic acids is 1. The largest absolute Gasteiger partial charge is 0.497 e. The van der Waals surface area contributed by atoms with Gasteiger partial charge in [-0.15, -0.1) is 0 Å². The molecule has 0 aromatic heterocycles. The van der Waals surface area contributed by atoms with Crippen molar-refractivity contribution in [3.05, 3.63) is 53.6 Å². The Balaban J connectivity index is 1.63. The van der Waals surface area contributed by atoms with Crippen molar-refractivity contribution >= 4 is 5.97 Å². The van der Waals surface area contributed by atoms with Crippen LogP contribution in [0.5, 0.6) is 17.2 Å². The minimum atomic E-state index is -0.803. The SMILES string of the molecule is CCCCOCCN1CC(c2ccc(OC)cc2)C(C(=O)O)C1c1ccc2c(c1)OCO2. The summed E-state index contributed by atoms with van der Waals surface area (Å²) in [5.41, 5.74) is 1.92. The number of unbranched alkanes of at least 4 members (excludes halogenated alkanes) is 1. The molecule has 0 radical (unpaired) electrons. The Hall–Kier alpha value is -2.77. The first-order valence-corrected chi connectivity index (χ1v) is 11.2. The van der Waals surface area contributed by atoms with Crippen LogP contribution in [0.3, 0.4) is 0 Å². The molecule has 7 nitrogen and oxygen atoms in total. The lowest BCUT2D eigenvalue weighted by atomic mass is 9.83. The number of methoxy groups -OCH3 is 1. The highest BCUT2D eigenvalue weighted by Crippen LogP contribution is 2.47. The Kier molecular flexibility index (Phi) is 7.17. The maximum atomic E-state index is 12.5. The van der Waals surface area contributed by atoms with Crippen molar-refractivity contribution in [2.45, 2.75) is 31.7 Å². The predicted octanol–water partition coefficient (Wildman–Crippen LogP) is 4.08. The molecule has 1 saturated heterocycles. The summed E-state index contributed by atoms with van der Waals surface area (Å²) in [5, 5.41) is 10.3. The van der Waals surface area contributed by atoms with Crippen LogP contribution in [0.15, 0.2) is 42.5 Å². The summed E-state index contributed by atoms with van der Waals surface area (Å²) in [7, 11) is 1.63. The van der Waals surface area contributed by atoms with Gasteiger partial charge in [-0.2, -0.15) is 0 Å². The Morgan fingerprint density at radius 3 is 2.56 bits per heavy atom. The molecule has 0 spiro atoms. The second-order valence-corrected chi connectivity index (χ2v) is 8.26. The summed E-state index contributed by atoms with van der Waals surface area (Å²) in [6.45, 7) is 4.93. The molecule has 0 bridgehead atoms. The van der Waals surface area contributed by atoms with Crippen LogP contribution in [0.4, 0.5) is 0 Å². The molecular weight excluding hydrogens is 410 g/mol. The highest BCUT2D eigenvalue weighted by molar-refractivity contribution is 5.74. The third kappa shape index (κ3) is 4.69. The van der Waals surface area contributed by atoms with Crippen LogP contribution in [0, 0.1) is 5.92 Å². The van der Waals surface area contributed by atoms with E-state index >= 15 is 0 Å². The highest BCUT2D eigenvalue weighted by atomic mass is 16.7. The van der Waals surface area contributed by atoms with E-state index in [1.54, 1.807) is 7.11 Å². The highest BCUT2D eigenvalue weighted by Gasteiger charge is 2.47. The number of nitrogens with zero attached hydrogens (tertiary/aromatic N) is 1. The van der Waals surface area contributed by atoms with E-state index in [0.29, 0.717) is 31.2 Å². The number of hydrogen-bond acceptors (Lipinski definition) is 6. The van der Waals surface area contributed by atoms with Crippen molar-refractivity contribution in [3.8, 4) is 17.2 Å². The molecule has 4 rings (SSSR count). The lowest BCUT2D eigenvalue weighted by Gasteiger charge is -2.27. The van der Waals surface area contributed by atoms with Crippen molar-refractivity contribution in [2.75, 3.05) is 40.2 Å². The minimum Gasteiger partial charge on any atom is -0.497 e. The number of carboxylic acid groups (broad SMARTS) is 1. The van der Waals surface area contributed by atoms with Gasteiger partial charge in [-0.25, -0.2) is 0 Å². The number of benzene rings is 2. The van der Waals surface area contributed by atoms with Crippen LogP contribution in [0.2, 0.25) is 0 Å². The average Bonchev–Trinajstić information content (AvgIpc) is 3.43. The van der Waals surface area contributed by atoms with Crippen molar-refractivity contribution in [3.63, 3.8) is 0 Å². The third-order valence-electron chi connectivity index (χ3n) is 6.33. The topological polar surface area (TPSA) is 77.5 Å². The number of likely N-dealkylation sites (tertiary alicyclic amines) is 1. The van der Waals surface area contributed by atoms with Crippen LogP contribution < -0.4 is 14.2 Å². The summed E-state index contributed by atoms with van der Waals surface area (Å²) in [4.78, 5) is 14.8. The second-order valence-electron chi connectivity index (χ2n) is 8.26. The summed E-state index contributed by atoms with van der Waals surface area (Å²) >= 11 is 0. The molecule has 32 heavy (non-hydrogen) atoms. The molecule has 3 atom stereocenters. The number of hydrogen-bond donors (Lipinski definition) is 1. The van der Waals surface area contributed by atoms with E-state index in [2.05, 4.69) is 11.8 Å². The molecule has 2 aliphatic heterocycles. The Bertz CT molecular complexity index is 915. The first-order chi connectivity index (χ1) is 15.6. The molecular formula is C25H31NO6. The summed E-state index contributed by atoms with van der Waals surface area (Å²) < 4.78 is 22.1. The first kappa shape index (κ1) is 22.4. The number of fused-ring (bicyclic) bond motifs is 1. The number of rotatable bonds is 10. The van der Waals surface area contributed by atoms with Gasteiger partial charge in [-0.05, 0) is 41.8 Å². The number of ether oxygens (including phenoxy) is 4. The minimum absolute atomic E-state index is 0.149. The fourth-order valence-electron chi connectivity index (χ4n) is 4.67. The van der Waals surface area contributed by atoms with Gasteiger partial charge in [0.15, 0.2) is 11.5 Å². The van der Waals surface area contributed by atoms with Gasteiger partial charge in [0.25, 0.3) is 0 Å². The van der Waals surface area contributed by atoms with Gasteiger partial charge in [0.2, 0.25) is 6.79 Å². The van der Waals surface area contributed by atoms with E-state index in [9.17, 15) is 9.90 Å². The summed E-state index contributed by atoms with van der Waals surface area (Å²) in [6.07, 6.45) is 2.11. The molecule has 3 unspecified atom stereocenters. The molecule has 172 valence electrons. The standard InChI is InChI=1S/C25H31NO6/c1-3-4-12-30-13-11-26-15-20(17-5-8-19(29-2)9-6-17)23(25(27)28)24(26)18-7-10-21-22(14-18)32-16-31-21/h5-10,14,20,23-24H,3-4,11-13,15-16H2,1-2H3,(H,27,28). The zero-order chi connectivity index (χ0) is 22.5. The maximum Gasteiger partial charge on any atom is 0.309 e. The average molecular weight is 442 g/mol. The third-order valence-corrected chi connectivity index (χ3v) is 6.33. The van der Waals surface area contributed by atoms with Crippen molar-refractivity contribution in [1.82, 2.24) is 4.90 Å². The van der Waals surface area contributed by atoms with E-state index in [4.69, 9.17) is 18.9 Å². The lowest BCUT2D eigenvalue weighted by molar-refractivity contribution is -0.143. The Morgan fingerprint density at radius 2 is 1.84 bits per heavy atom. The quantitative estimate of drug-likeness (QED) is 0.557. The molecule has 1 N–H and O–H groups in total. The zero-order valence-electron chi connectivity index (χ0n) is 18.7. The second kappa shape index (κ2) is 10.2. The molecule has 1 fully saturated rings. The Morgan fingerprint density at radius 1 is 1.09 bits per heavy atom. The monoisotopic (exact) mass is 441 g/mol. The van der Waals surface area contributed by atoms with E-state index in [-0.39, 0.29) is 18.8 Å². The molecule has 2 heterocycles. The summed E-state index contributed by atoms with van der Waals surface area (Å²) in [5.74, 6) is 0.567. The van der Waals surface area contributed by atoms with Crippen LogP contribution in [-0.4, -0.2) is 56.2 Å². The van der Waals surface area contributed by atoms with E-state index < -0.39 is 11.9 Å². The zero-order valence-corrected chi connectivity index (χ0v) is 18.7. The van der Waals surface area contributed by atoms with E-state index in [0.717, 1.165) is 36.3 Å². The molecule has 7 heteroatoms. The fourth-order valence-corrected chi connectivity index (χ4v) is 4.67. The molecule has 0 amide bonds. The molecule has 0 aliphatic carbocycles. The van der Waals surface area contributed by atoms with Crippen LogP contribution in [0.1, 0.15) is 42.9 Å². The van der Waals surface area contributed by atoms with E-state index in [1.807, 2.05) is 42.5 Å². The van der Waals surface area contributed by atoms with Gasteiger partial charge in [-0.1, -0.05) is 31.5 Å². The Labute approximate surface area is 188 Å². The van der Waals surface area contributed by atoms with Gasteiger partial charge >= 0.3 is 5.97 Å². The van der Waals surface area contributed by atoms with Gasteiger partial charge < -0.3 is 24.1 Å². The van der Waals surface area contributed by atoms with Crippen molar-refractivity contribution < 1.29 is 28.8 Å². The molecule has 2 aromatic carbocycles. The van der Waals surface area contributed by atoms with Gasteiger partial charge in [0.05, 0.1) is 19.6 Å². The maximum absolute atomic E-state index is 12.5. The lowest BCUT2D eigenvalue weighted by Crippen LogP contribution is -2.31. The fraction of sp³-hybridized carbons (Fsp3) is 0.480. The van der Waals surface area contributed by atoms with E-state index in [1.165, 1.54) is 0 Å². The van der Waals surface area contributed by atoms with Crippen molar-refractivity contribution in [1.29, 1.82) is 0 Å². The van der Waals surface area contributed by atoms with Crippen LogP contribution in [0.25, 0.3) is 0 Å². The number of carbonyl (C=O) groups is 1. The smallest absolute Gasteiger partial charge is 0.309 e. The molecule has 2 aromatic rings. The van der Waals surface area contributed by atoms with Crippen LogP contribution in [-0.2, 0) is 9.53 Å². The molecule has 0 saturated carbocycles.